The number of rotatable bonds is 7. The highest BCUT2D eigenvalue weighted by molar-refractivity contribution is 7.80. The summed E-state index contributed by atoms with van der Waals surface area (Å²) in [5.41, 5.74) is 1.06. The predicted octanol–water partition coefficient (Wildman–Crippen LogP) is 0.0119. The van der Waals surface area contributed by atoms with Gasteiger partial charge in [-0.05, 0) is 56.3 Å². The quantitative estimate of drug-likeness (QED) is 0.323. The summed E-state index contributed by atoms with van der Waals surface area (Å²) in [4.78, 5) is 43.3. The number of aromatic nitrogens is 1. The maximum atomic E-state index is 12.8. The Morgan fingerprint density at radius 3 is 2.62 bits per heavy atom. The lowest BCUT2D eigenvalue weighted by atomic mass is 9.84. The van der Waals surface area contributed by atoms with Crippen LogP contribution in [0.15, 0.2) is 18.3 Å². The zero-order chi connectivity index (χ0) is 22.9. The van der Waals surface area contributed by atoms with Gasteiger partial charge in [0, 0.05) is 12.7 Å². The second kappa shape index (κ2) is 9.14. The highest BCUT2D eigenvalue weighted by atomic mass is 32.3. The minimum atomic E-state index is -4.84. The molecule has 3 aliphatic heterocycles. The number of hydrogen-bond donors (Lipinski definition) is 2. The molecule has 3 saturated heterocycles. The molecule has 0 aliphatic carbocycles. The predicted molar refractivity (Wildman–Crippen MR) is 112 cm³/mol. The van der Waals surface area contributed by atoms with Crippen LogP contribution in [0.4, 0.5) is 10.6 Å². The van der Waals surface area contributed by atoms with E-state index in [4.69, 9.17) is 4.55 Å². The van der Waals surface area contributed by atoms with Crippen LogP contribution in [0.3, 0.4) is 0 Å². The first-order valence-corrected chi connectivity index (χ1v) is 11.7. The number of fused-ring (bicyclic) bond motifs is 2. The highest BCUT2D eigenvalue weighted by Gasteiger charge is 2.49. The van der Waals surface area contributed by atoms with Gasteiger partial charge in [0.2, 0.25) is 5.91 Å². The van der Waals surface area contributed by atoms with E-state index in [1.54, 1.807) is 19.7 Å². The smallest absolute Gasteiger partial charge is 0.340 e. The maximum absolute atomic E-state index is 12.8. The molecule has 0 unspecified atom stereocenters. The molecule has 3 fully saturated rings. The van der Waals surface area contributed by atoms with Gasteiger partial charge in [0.05, 0.1) is 12.2 Å². The lowest BCUT2D eigenvalue weighted by Gasteiger charge is -2.30. The van der Waals surface area contributed by atoms with E-state index in [2.05, 4.69) is 14.6 Å². The second-order valence-corrected chi connectivity index (χ2v) is 9.08. The molecule has 2 atom stereocenters. The van der Waals surface area contributed by atoms with Crippen LogP contribution in [0.5, 0.6) is 0 Å². The minimum absolute atomic E-state index is 0.124. The summed E-state index contributed by atoms with van der Waals surface area (Å²) in [5, 5.41) is 3.31. The van der Waals surface area contributed by atoms with Crippen LogP contribution in [0.1, 0.15) is 37.2 Å². The number of pyridine rings is 1. The lowest BCUT2D eigenvalue weighted by molar-refractivity contribution is -0.120. The minimum Gasteiger partial charge on any atom is -0.340 e. The van der Waals surface area contributed by atoms with Crippen molar-refractivity contribution in [1.29, 1.82) is 0 Å². The van der Waals surface area contributed by atoms with Gasteiger partial charge in [-0.2, -0.15) is 13.5 Å². The fourth-order valence-electron chi connectivity index (χ4n) is 4.50. The molecular formula is C18H23BN5O7S. The van der Waals surface area contributed by atoms with Crippen molar-refractivity contribution in [2.75, 3.05) is 25.0 Å². The van der Waals surface area contributed by atoms with E-state index in [0.717, 1.165) is 37.7 Å². The Hall–Kier alpha value is -2.55. The molecule has 0 spiro atoms. The topological polar surface area (TPSA) is 149 Å². The largest absolute Gasteiger partial charge is 0.418 e. The number of hydroxylamine groups is 2. The molecule has 2 N–H and O–H groups in total. The van der Waals surface area contributed by atoms with Crippen molar-refractivity contribution in [1.82, 2.24) is 19.8 Å². The van der Waals surface area contributed by atoms with Gasteiger partial charge in [-0.25, -0.2) is 9.78 Å². The zero-order valence-corrected chi connectivity index (χ0v) is 18.0. The summed E-state index contributed by atoms with van der Waals surface area (Å²) < 4.78 is 35.2. The summed E-state index contributed by atoms with van der Waals surface area (Å²) in [7, 11) is -3.28. The molecule has 3 amide bonds. The van der Waals surface area contributed by atoms with Gasteiger partial charge in [0.15, 0.2) is 0 Å². The molecule has 171 valence electrons. The molecule has 32 heavy (non-hydrogen) atoms. The molecule has 1 aromatic heterocycles. The number of anilines is 1. The number of nitrogens with one attached hydrogen (secondary N) is 1. The van der Waals surface area contributed by atoms with Crippen LogP contribution in [0.2, 0.25) is 0 Å². The van der Waals surface area contributed by atoms with Gasteiger partial charge in [-0.15, -0.1) is 4.28 Å². The number of piperidine rings is 2. The standard InChI is InChI=1S/C18H23BN5O7S/c25-11-19-22-7-5-12(6-8-22)13-1-4-16(20-9-13)21-17(26)15-3-2-14-10-23(15)18(27)24(14)31-32(28,29)30/h1,4,9,11-12,14-15H,2-3,5-8,10H2,(H,20,21,26)(H,28,29,30)/t14-,15+/m1/s1. The van der Waals surface area contributed by atoms with Crippen LogP contribution in [-0.4, -0.2) is 90.0 Å². The normalized spacial score (nSPS) is 24.5. The number of amides is 3. The monoisotopic (exact) mass is 464 g/mol. The summed E-state index contributed by atoms with van der Waals surface area (Å²) in [6, 6.07) is 1.48. The molecular weight excluding hydrogens is 441 g/mol. The molecule has 0 saturated carbocycles. The van der Waals surface area contributed by atoms with Crippen molar-refractivity contribution < 1.29 is 31.6 Å². The number of carbonyl (C=O) groups is 3. The van der Waals surface area contributed by atoms with E-state index in [1.807, 2.05) is 10.9 Å². The number of carbonyl (C=O) groups excluding carboxylic acids is 3. The van der Waals surface area contributed by atoms with Gasteiger partial charge in [0.1, 0.15) is 11.9 Å². The van der Waals surface area contributed by atoms with Gasteiger partial charge in [0.25, 0.3) is 7.41 Å². The van der Waals surface area contributed by atoms with Crippen molar-refractivity contribution in [3.8, 4) is 0 Å². The van der Waals surface area contributed by atoms with E-state index in [0.29, 0.717) is 29.6 Å². The van der Waals surface area contributed by atoms with Crippen molar-refractivity contribution in [2.24, 2.45) is 0 Å². The third kappa shape index (κ3) is 4.93. The third-order valence-electron chi connectivity index (χ3n) is 6.11. The molecule has 3 aliphatic rings. The molecule has 14 heteroatoms. The van der Waals surface area contributed by atoms with Crippen molar-refractivity contribution in [3.63, 3.8) is 0 Å². The average Bonchev–Trinajstić information content (AvgIpc) is 2.98. The Morgan fingerprint density at radius 2 is 2.00 bits per heavy atom. The molecule has 2 bridgehead atoms. The van der Waals surface area contributed by atoms with Gasteiger partial charge >= 0.3 is 16.4 Å². The first kappa shape index (κ1) is 22.6. The Balaban J connectivity index is 1.34. The molecule has 1 aromatic rings. The fourth-order valence-corrected chi connectivity index (χ4v) is 4.89. The lowest BCUT2D eigenvalue weighted by Crippen LogP contribution is -2.47. The van der Waals surface area contributed by atoms with Crippen molar-refractivity contribution in [3.05, 3.63) is 23.9 Å². The van der Waals surface area contributed by atoms with Gasteiger partial charge in [-0.1, -0.05) is 6.07 Å². The van der Waals surface area contributed by atoms with E-state index in [9.17, 15) is 22.8 Å². The Morgan fingerprint density at radius 1 is 1.25 bits per heavy atom. The average molecular weight is 464 g/mol. The van der Waals surface area contributed by atoms with Crippen LogP contribution < -0.4 is 5.32 Å². The zero-order valence-electron chi connectivity index (χ0n) is 17.2. The van der Waals surface area contributed by atoms with Crippen molar-refractivity contribution in [2.45, 2.75) is 43.7 Å². The van der Waals surface area contributed by atoms with Crippen LogP contribution in [0, 0.1) is 0 Å². The molecule has 0 aromatic carbocycles. The summed E-state index contributed by atoms with van der Waals surface area (Å²) in [6.45, 7) is 1.72. The Bertz CT molecular complexity index is 984. The summed E-state index contributed by atoms with van der Waals surface area (Å²) in [5.74, 6) is 0.253. The van der Waals surface area contributed by atoms with Crippen LogP contribution in [-0.2, 0) is 24.3 Å². The van der Waals surface area contributed by atoms with E-state index in [1.165, 1.54) is 4.90 Å². The molecule has 1 radical (unpaired) electrons. The highest BCUT2D eigenvalue weighted by Crippen LogP contribution is 2.31. The van der Waals surface area contributed by atoms with E-state index < -0.39 is 34.4 Å². The Kier molecular flexibility index (Phi) is 6.46. The van der Waals surface area contributed by atoms with E-state index >= 15 is 0 Å². The van der Waals surface area contributed by atoms with Gasteiger partial charge in [-0.3, -0.25) is 9.35 Å². The number of hydrogen-bond acceptors (Lipinski definition) is 8. The second-order valence-electron chi connectivity index (χ2n) is 8.07. The number of nitrogens with zero attached hydrogens (tertiary/aromatic N) is 4. The molecule has 12 nitrogen and oxygen atoms in total. The van der Waals surface area contributed by atoms with Gasteiger partial charge < -0.3 is 19.8 Å². The van der Waals surface area contributed by atoms with E-state index in [-0.39, 0.29) is 6.54 Å². The van der Waals surface area contributed by atoms with Crippen LogP contribution in [0.25, 0.3) is 0 Å². The Labute approximate surface area is 186 Å². The number of urea groups is 1. The SMILES string of the molecule is O=C[B]N1CCC(c2ccc(NC(=O)[C@@H]3CC[C@@H]4CN3C(=O)N4OS(=O)(=O)O)nc2)CC1. The molecule has 4 heterocycles. The fraction of sp³-hybridized carbons (Fsp3) is 0.556. The molecule has 4 rings (SSSR count). The summed E-state index contributed by atoms with van der Waals surface area (Å²) in [6.07, 6.45) is 4.99. The first-order valence-electron chi connectivity index (χ1n) is 10.3. The van der Waals surface area contributed by atoms with Crippen molar-refractivity contribution >= 4 is 41.8 Å². The maximum Gasteiger partial charge on any atom is 0.418 e. The summed E-state index contributed by atoms with van der Waals surface area (Å²) >= 11 is 0. The van der Waals surface area contributed by atoms with Crippen LogP contribution >= 0.6 is 0 Å². The third-order valence-corrected chi connectivity index (χ3v) is 6.46. The first-order chi connectivity index (χ1) is 15.2.